The highest BCUT2D eigenvalue weighted by atomic mass is 16.5. The molecule has 0 aliphatic carbocycles. The Bertz CT molecular complexity index is 703. The second-order valence-corrected chi connectivity index (χ2v) is 6.88. The first-order valence-electron chi connectivity index (χ1n) is 9.05. The summed E-state index contributed by atoms with van der Waals surface area (Å²) >= 11 is 0. The Morgan fingerprint density at radius 3 is 2.27 bits per heavy atom. The lowest BCUT2D eigenvalue weighted by atomic mass is 9.97. The number of piperidine rings is 1. The van der Waals surface area contributed by atoms with Gasteiger partial charge in [-0.2, -0.15) is 0 Å². The molecule has 3 rings (SSSR count). The molecule has 2 amide bonds. The van der Waals surface area contributed by atoms with Crippen LogP contribution in [0.3, 0.4) is 0 Å². The number of imide groups is 1. The van der Waals surface area contributed by atoms with Crippen molar-refractivity contribution in [2.75, 3.05) is 40.5 Å². The highest BCUT2D eigenvalue weighted by Gasteiger charge is 2.41. The molecule has 2 aliphatic rings. The number of methoxy groups -OCH3 is 2. The molecule has 0 aromatic heterocycles. The maximum absolute atomic E-state index is 13.0. The van der Waals surface area contributed by atoms with Gasteiger partial charge in [-0.15, -0.1) is 0 Å². The Hall–Kier alpha value is -2.34. The number of hydrogen-bond donors (Lipinski definition) is 0. The van der Waals surface area contributed by atoms with E-state index in [4.69, 9.17) is 9.47 Å². The number of rotatable bonds is 6. The van der Waals surface area contributed by atoms with Crippen molar-refractivity contribution < 1.29 is 19.1 Å². The summed E-state index contributed by atoms with van der Waals surface area (Å²) in [4.78, 5) is 29.4. The smallest absolute Gasteiger partial charge is 0.277 e. The molecule has 1 saturated heterocycles. The zero-order valence-corrected chi connectivity index (χ0v) is 15.7. The molecular formula is C20H26N2O4. The number of carbonyl (C=O) groups excluding carboxylic acids is 2. The Labute approximate surface area is 154 Å². The van der Waals surface area contributed by atoms with Crippen LogP contribution in [0.25, 0.3) is 5.57 Å². The molecule has 0 atom stereocenters. The molecule has 0 N–H and O–H groups in total. The lowest BCUT2D eigenvalue weighted by Gasteiger charge is -2.32. The SMILES string of the molecule is COCCN1C(=O)C(c2ccc(OC)cc2)=C(N2CCC(C)CC2)C1=O. The van der Waals surface area contributed by atoms with Crippen LogP contribution >= 0.6 is 0 Å². The first-order valence-corrected chi connectivity index (χ1v) is 9.05. The average molecular weight is 358 g/mol. The molecule has 0 saturated carbocycles. The Morgan fingerprint density at radius 1 is 1.04 bits per heavy atom. The van der Waals surface area contributed by atoms with Crippen molar-refractivity contribution in [1.29, 1.82) is 0 Å². The number of ether oxygens (including phenoxy) is 2. The lowest BCUT2D eigenvalue weighted by Crippen LogP contribution is -2.39. The third kappa shape index (κ3) is 3.46. The van der Waals surface area contributed by atoms with E-state index in [2.05, 4.69) is 11.8 Å². The van der Waals surface area contributed by atoms with Crippen LogP contribution < -0.4 is 4.74 Å². The minimum Gasteiger partial charge on any atom is -0.497 e. The van der Waals surface area contributed by atoms with Crippen LogP contribution in [0.4, 0.5) is 0 Å². The van der Waals surface area contributed by atoms with Crippen LogP contribution in [-0.2, 0) is 14.3 Å². The van der Waals surface area contributed by atoms with Gasteiger partial charge in [-0.05, 0) is 36.5 Å². The van der Waals surface area contributed by atoms with Gasteiger partial charge in [-0.3, -0.25) is 14.5 Å². The van der Waals surface area contributed by atoms with E-state index in [1.165, 1.54) is 4.90 Å². The predicted octanol–water partition coefficient (Wildman–Crippen LogP) is 2.15. The standard InChI is InChI=1S/C20H26N2O4/c1-14-8-10-21(11-9-14)18-17(15-4-6-16(26-3)7-5-15)19(23)22(20(18)24)12-13-25-2/h4-7,14H,8-13H2,1-3H3. The summed E-state index contributed by atoms with van der Waals surface area (Å²) in [5, 5.41) is 0. The van der Waals surface area contributed by atoms with Gasteiger partial charge in [0.1, 0.15) is 11.4 Å². The van der Waals surface area contributed by atoms with Crippen molar-refractivity contribution in [2.24, 2.45) is 5.92 Å². The number of benzene rings is 1. The van der Waals surface area contributed by atoms with E-state index in [0.29, 0.717) is 23.8 Å². The molecule has 140 valence electrons. The van der Waals surface area contributed by atoms with Crippen LogP contribution in [0, 0.1) is 5.92 Å². The summed E-state index contributed by atoms with van der Waals surface area (Å²) in [6.07, 6.45) is 2.05. The average Bonchev–Trinajstić information content (AvgIpc) is 2.91. The second-order valence-electron chi connectivity index (χ2n) is 6.88. The van der Waals surface area contributed by atoms with E-state index in [1.807, 2.05) is 24.3 Å². The quantitative estimate of drug-likeness (QED) is 0.730. The minimum absolute atomic E-state index is 0.215. The predicted molar refractivity (Wildman–Crippen MR) is 98.5 cm³/mol. The van der Waals surface area contributed by atoms with Crippen LogP contribution in [0.5, 0.6) is 5.75 Å². The Balaban J connectivity index is 1.99. The monoisotopic (exact) mass is 358 g/mol. The fourth-order valence-electron chi connectivity index (χ4n) is 3.49. The zero-order chi connectivity index (χ0) is 18.7. The minimum atomic E-state index is -0.245. The third-order valence-electron chi connectivity index (χ3n) is 5.14. The van der Waals surface area contributed by atoms with E-state index in [1.54, 1.807) is 14.2 Å². The molecule has 6 nitrogen and oxygen atoms in total. The molecule has 2 aliphatic heterocycles. The van der Waals surface area contributed by atoms with Crippen LogP contribution in [0.2, 0.25) is 0 Å². The summed E-state index contributed by atoms with van der Waals surface area (Å²) < 4.78 is 10.3. The highest BCUT2D eigenvalue weighted by molar-refractivity contribution is 6.35. The summed E-state index contributed by atoms with van der Waals surface area (Å²) in [6.45, 7) is 4.42. The van der Waals surface area contributed by atoms with Gasteiger partial charge in [0.2, 0.25) is 0 Å². The molecule has 1 aromatic rings. The molecule has 0 spiro atoms. The molecule has 6 heteroatoms. The maximum Gasteiger partial charge on any atom is 0.277 e. The normalized spacial score (nSPS) is 18.9. The summed E-state index contributed by atoms with van der Waals surface area (Å²) in [7, 11) is 3.17. The lowest BCUT2D eigenvalue weighted by molar-refractivity contribution is -0.138. The highest BCUT2D eigenvalue weighted by Crippen LogP contribution is 2.34. The van der Waals surface area contributed by atoms with Gasteiger partial charge in [0, 0.05) is 20.2 Å². The van der Waals surface area contributed by atoms with Gasteiger partial charge in [0.25, 0.3) is 11.8 Å². The Kier molecular flexibility index (Phi) is 5.61. The van der Waals surface area contributed by atoms with Crippen LogP contribution in [0.1, 0.15) is 25.3 Å². The third-order valence-corrected chi connectivity index (χ3v) is 5.14. The van der Waals surface area contributed by atoms with Gasteiger partial charge in [0.05, 0.1) is 25.8 Å². The number of nitrogens with zero attached hydrogens (tertiary/aromatic N) is 2. The summed E-state index contributed by atoms with van der Waals surface area (Å²) in [6, 6.07) is 7.30. The molecular weight excluding hydrogens is 332 g/mol. The fraction of sp³-hybridized carbons (Fsp3) is 0.500. The number of carbonyl (C=O) groups is 2. The molecule has 1 aromatic carbocycles. The molecule has 0 bridgehead atoms. The number of amides is 2. The van der Waals surface area contributed by atoms with Crippen molar-refractivity contribution in [3.8, 4) is 5.75 Å². The first kappa shape index (κ1) is 18.5. The molecule has 26 heavy (non-hydrogen) atoms. The topological polar surface area (TPSA) is 59.1 Å². The zero-order valence-electron chi connectivity index (χ0n) is 15.7. The van der Waals surface area contributed by atoms with Crippen LogP contribution in [0.15, 0.2) is 30.0 Å². The van der Waals surface area contributed by atoms with Gasteiger partial charge in [-0.25, -0.2) is 0 Å². The molecule has 1 fully saturated rings. The van der Waals surface area contributed by atoms with Gasteiger partial charge < -0.3 is 14.4 Å². The fourth-order valence-corrected chi connectivity index (χ4v) is 3.49. The molecule has 2 heterocycles. The van der Waals surface area contributed by atoms with Crippen LogP contribution in [-0.4, -0.2) is 62.1 Å². The van der Waals surface area contributed by atoms with Crippen molar-refractivity contribution in [3.05, 3.63) is 35.5 Å². The second kappa shape index (κ2) is 7.91. The van der Waals surface area contributed by atoms with Gasteiger partial charge in [-0.1, -0.05) is 19.1 Å². The number of likely N-dealkylation sites (tertiary alicyclic amines) is 1. The van der Waals surface area contributed by atoms with Crippen molar-refractivity contribution in [1.82, 2.24) is 9.80 Å². The van der Waals surface area contributed by atoms with Gasteiger partial charge in [0.15, 0.2) is 0 Å². The largest absolute Gasteiger partial charge is 0.497 e. The maximum atomic E-state index is 13.0. The van der Waals surface area contributed by atoms with E-state index in [0.717, 1.165) is 37.2 Å². The molecule has 0 unspecified atom stereocenters. The first-order chi connectivity index (χ1) is 12.6. The van der Waals surface area contributed by atoms with E-state index in [9.17, 15) is 9.59 Å². The summed E-state index contributed by atoms with van der Waals surface area (Å²) in [5.74, 6) is 0.905. The van der Waals surface area contributed by atoms with E-state index < -0.39 is 0 Å². The van der Waals surface area contributed by atoms with Crippen molar-refractivity contribution in [2.45, 2.75) is 19.8 Å². The van der Waals surface area contributed by atoms with E-state index in [-0.39, 0.29) is 18.4 Å². The molecule has 0 radical (unpaired) electrons. The summed E-state index contributed by atoms with van der Waals surface area (Å²) in [5.41, 5.74) is 1.77. The van der Waals surface area contributed by atoms with E-state index >= 15 is 0 Å². The number of hydrogen-bond acceptors (Lipinski definition) is 5. The van der Waals surface area contributed by atoms with Crippen molar-refractivity contribution >= 4 is 17.4 Å². The van der Waals surface area contributed by atoms with Crippen molar-refractivity contribution in [3.63, 3.8) is 0 Å². The Morgan fingerprint density at radius 2 is 1.69 bits per heavy atom. The van der Waals surface area contributed by atoms with Gasteiger partial charge >= 0.3 is 0 Å².